The molecule has 102 valence electrons. The van der Waals surface area contributed by atoms with Gasteiger partial charge in [-0.25, -0.2) is 4.39 Å². The quantitative estimate of drug-likeness (QED) is 0.883. The van der Waals surface area contributed by atoms with E-state index in [2.05, 4.69) is 5.32 Å². The van der Waals surface area contributed by atoms with Crippen molar-refractivity contribution in [2.45, 2.75) is 19.1 Å². The molecule has 3 nitrogen and oxygen atoms in total. The molecule has 2 rings (SSSR count). The first-order valence-corrected chi connectivity index (χ1v) is 6.35. The molecular formula is C14H15ClFNO2. The molecule has 1 aromatic carbocycles. The molecule has 0 aliphatic heterocycles. The SMILES string of the molecule is CC(NCC(O)c1ccco1)c1ccc(F)cc1Cl. The van der Waals surface area contributed by atoms with Gasteiger partial charge in [0, 0.05) is 17.6 Å². The van der Waals surface area contributed by atoms with E-state index in [1.807, 2.05) is 6.92 Å². The highest BCUT2D eigenvalue weighted by Crippen LogP contribution is 2.24. The number of halogens is 2. The molecule has 19 heavy (non-hydrogen) atoms. The highest BCUT2D eigenvalue weighted by atomic mass is 35.5. The maximum Gasteiger partial charge on any atom is 0.133 e. The molecule has 0 amide bonds. The van der Waals surface area contributed by atoms with Crippen molar-refractivity contribution >= 4 is 11.6 Å². The van der Waals surface area contributed by atoms with E-state index in [4.69, 9.17) is 16.0 Å². The first-order valence-electron chi connectivity index (χ1n) is 5.97. The zero-order valence-electron chi connectivity index (χ0n) is 10.4. The summed E-state index contributed by atoms with van der Waals surface area (Å²) in [7, 11) is 0. The molecule has 0 aliphatic carbocycles. The van der Waals surface area contributed by atoms with E-state index in [-0.39, 0.29) is 11.9 Å². The minimum atomic E-state index is -0.725. The number of aliphatic hydroxyl groups is 1. The molecule has 2 atom stereocenters. The smallest absolute Gasteiger partial charge is 0.133 e. The summed E-state index contributed by atoms with van der Waals surface area (Å²) in [5, 5.41) is 13.4. The summed E-state index contributed by atoms with van der Waals surface area (Å²) >= 11 is 5.98. The van der Waals surface area contributed by atoms with Crippen molar-refractivity contribution in [1.29, 1.82) is 0 Å². The molecule has 0 fully saturated rings. The number of rotatable bonds is 5. The van der Waals surface area contributed by atoms with Crippen LogP contribution in [0.2, 0.25) is 5.02 Å². The van der Waals surface area contributed by atoms with Crippen LogP contribution in [-0.2, 0) is 0 Å². The Morgan fingerprint density at radius 3 is 2.84 bits per heavy atom. The Morgan fingerprint density at radius 2 is 2.21 bits per heavy atom. The van der Waals surface area contributed by atoms with Crippen LogP contribution in [0, 0.1) is 5.82 Å². The lowest BCUT2D eigenvalue weighted by molar-refractivity contribution is 0.144. The van der Waals surface area contributed by atoms with E-state index in [0.29, 0.717) is 17.3 Å². The molecule has 0 spiro atoms. The van der Waals surface area contributed by atoms with Gasteiger partial charge in [0.05, 0.1) is 6.26 Å². The van der Waals surface area contributed by atoms with Crippen LogP contribution in [0.4, 0.5) is 4.39 Å². The first kappa shape index (κ1) is 14.1. The molecule has 0 aliphatic rings. The van der Waals surface area contributed by atoms with Gasteiger partial charge in [-0.1, -0.05) is 17.7 Å². The van der Waals surface area contributed by atoms with E-state index < -0.39 is 6.10 Å². The second-order valence-electron chi connectivity index (χ2n) is 4.33. The first-order chi connectivity index (χ1) is 9.08. The van der Waals surface area contributed by atoms with Gasteiger partial charge in [-0.15, -0.1) is 0 Å². The number of hydrogen-bond acceptors (Lipinski definition) is 3. The van der Waals surface area contributed by atoms with Crippen molar-refractivity contribution in [1.82, 2.24) is 5.32 Å². The van der Waals surface area contributed by atoms with E-state index in [9.17, 15) is 9.50 Å². The van der Waals surface area contributed by atoms with Gasteiger partial charge in [0.25, 0.3) is 0 Å². The third-order valence-corrected chi connectivity index (χ3v) is 3.25. The fourth-order valence-corrected chi connectivity index (χ4v) is 2.16. The molecule has 1 heterocycles. The van der Waals surface area contributed by atoms with Crippen molar-refractivity contribution in [2.75, 3.05) is 6.54 Å². The van der Waals surface area contributed by atoms with Crippen LogP contribution in [0.15, 0.2) is 41.0 Å². The van der Waals surface area contributed by atoms with E-state index in [1.165, 1.54) is 18.4 Å². The second kappa shape index (κ2) is 6.19. The van der Waals surface area contributed by atoms with Crippen LogP contribution in [0.5, 0.6) is 0 Å². The van der Waals surface area contributed by atoms with Crippen LogP contribution in [0.1, 0.15) is 30.4 Å². The van der Waals surface area contributed by atoms with Gasteiger partial charge < -0.3 is 14.8 Å². The summed E-state index contributed by atoms with van der Waals surface area (Å²) in [5.41, 5.74) is 0.787. The highest BCUT2D eigenvalue weighted by Gasteiger charge is 2.14. The monoisotopic (exact) mass is 283 g/mol. The summed E-state index contributed by atoms with van der Waals surface area (Å²) in [6, 6.07) is 7.60. The van der Waals surface area contributed by atoms with Crippen molar-refractivity contribution in [2.24, 2.45) is 0 Å². The second-order valence-corrected chi connectivity index (χ2v) is 4.73. The Labute approximate surface area is 116 Å². The third kappa shape index (κ3) is 3.56. The Hall–Kier alpha value is -1.36. The van der Waals surface area contributed by atoms with E-state index >= 15 is 0 Å². The van der Waals surface area contributed by atoms with Gasteiger partial charge in [-0.2, -0.15) is 0 Å². The van der Waals surface area contributed by atoms with Crippen LogP contribution in [-0.4, -0.2) is 11.7 Å². The summed E-state index contributed by atoms with van der Waals surface area (Å²) in [5.74, 6) is 0.140. The lowest BCUT2D eigenvalue weighted by Crippen LogP contribution is -2.24. The minimum absolute atomic E-state index is 0.0993. The lowest BCUT2D eigenvalue weighted by Gasteiger charge is -2.17. The lowest BCUT2D eigenvalue weighted by atomic mass is 10.1. The maximum absolute atomic E-state index is 13.0. The predicted molar refractivity (Wildman–Crippen MR) is 71.5 cm³/mol. The number of nitrogens with one attached hydrogen (secondary N) is 1. The van der Waals surface area contributed by atoms with Crippen molar-refractivity contribution < 1.29 is 13.9 Å². The number of benzene rings is 1. The van der Waals surface area contributed by atoms with Crippen molar-refractivity contribution in [3.63, 3.8) is 0 Å². The van der Waals surface area contributed by atoms with E-state index in [0.717, 1.165) is 5.56 Å². The third-order valence-electron chi connectivity index (χ3n) is 2.92. The van der Waals surface area contributed by atoms with Gasteiger partial charge >= 0.3 is 0 Å². The summed E-state index contributed by atoms with van der Waals surface area (Å²) < 4.78 is 18.1. The number of hydrogen-bond donors (Lipinski definition) is 2. The Morgan fingerprint density at radius 1 is 1.42 bits per heavy atom. The highest BCUT2D eigenvalue weighted by molar-refractivity contribution is 6.31. The molecule has 2 unspecified atom stereocenters. The average Bonchev–Trinajstić information content (AvgIpc) is 2.89. The molecule has 2 N–H and O–H groups in total. The van der Waals surface area contributed by atoms with Crippen LogP contribution in [0.25, 0.3) is 0 Å². The standard InChI is InChI=1S/C14H15ClFNO2/c1-9(11-5-4-10(16)7-12(11)15)17-8-13(18)14-3-2-6-19-14/h2-7,9,13,17-18H,8H2,1H3. The van der Waals surface area contributed by atoms with Gasteiger partial charge in [0.15, 0.2) is 0 Å². The van der Waals surface area contributed by atoms with Gasteiger partial charge in [0.2, 0.25) is 0 Å². The van der Waals surface area contributed by atoms with E-state index in [1.54, 1.807) is 18.2 Å². The Kier molecular flexibility index (Phi) is 4.58. The predicted octanol–water partition coefficient (Wildman–Crippen LogP) is 3.46. The molecule has 0 radical (unpaired) electrons. The summed E-state index contributed by atoms with van der Waals surface area (Å²) in [6.07, 6.45) is 0.787. The zero-order chi connectivity index (χ0) is 13.8. The van der Waals surface area contributed by atoms with Crippen molar-refractivity contribution in [3.8, 4) is 0 Å². The van der Waals surface area contributed by atoms with Crippen LogP contribution in [0.3, 0.4) is 0 Å². The molecular weight excluding hydrogens is 269 g/mol. The molecule has 5 heteroatoms. The number of furan rings is 1. The van der Waals surface area contributed by atoms with Crippen LogP contribution >= 0.6 is 11.6 Å². The zero-order valence-corrected chi connectivity index (χ0v) is 11.2. The molecule has 1 aromatic heterocycles. The average molecular weight is 284 g/mol. The van der Waals surface area contributed by atoms with Gasteiger partial charge in [-0.05, 0) is 36.8 Å². The van der Waals surface area contributed by atoms with Gasteiger partial charge in [-0.3, -0.25) is 0 Å². The fourth-order valence-electron chi connectivity index (χ4n) is 1.83. The minimum Gasteiger partial charge on any atom is -0.467 e. The summed E-state index contributed by atoms with van der Waals surface area (Å²) in [4.78, 5) is 0. The number of aliphatic hydroxyl groups excluding tert-OH is 1. The summed E-state index contributed by atoms with van der Waals surface area (Å²) in [6.45, 7) is 2.22. The Balaban J connectivity index is 1.96. The van der Waals surface area contributed by atoms with Crippen LogP contribution < -0.4 is 5.32 Å². The molecule has 2 aromatic rings. The largest absolute Gasteiger partial charge is 0.467 e. The topological polar surface area (TPSA) is 45.4 Å². The van der Waals surface area contributed by atoms with Crippen molar-refractivity contribution in [3.05, 3.63) is 58.8 Å². The molecule has 0 bridgehead atoms. The molecule has 0 saturated carbocycles. The van der Waals surface area contributed by atoms with Gasteiger partial charge in [0.1, 0.15) is 17.7 Å². The fraction of sp³-hybridized carbons (Fsp3) is 0.286. The maximum atomic E-state index is 13.0. The molecule has 0 saturated heterocycles. The Bertz CT molecular complexity index is 530. The normalized spacial score (nSPS) is 14.3.